The van der Waals surface area contributed by atoms with Crippen LogP contribution < -0.4 is 5.48 Å². The maximum atomic E-state index is 14.0. The highest BCUT2D eigenvalue weighted by atomic mass is 35.5. The highest BCUT2D eigenvalue weighted by Crippen LogP contribution is 2.44. The number of halogens is 2. The third kappa shape index (κ3) is 4.68. The second kappa shape index (κ2) is 9.13. The first-order valence-corrected chi connectivity index (χ1v) is 10.8. The zero-order valence-electron chi connectivity index (χ0n) is 18.6. The minimum absolute atomic E-state index is 0.0357. The molecule has 3 heterocycles. The van der Waals surface area contributed by atoms with Crippen molar-refractivity contribution in [2.75, 3.05) is 12.6 Å². The van der Waals surface area contributed by atoms with E-state index in [4.69, 9.17) is 25.9 Å². The number of anilines is 1. The highest BCUT2D eigenvalue weighted by Gasteiger charge is 2.49. The number of aliphatic hydroxyl groups is 2. The van der Waals surface area contributed by atoms with Gasteiger partial charge in [-0.15, -0.1) is 0 Å². The molecule has 0 saturated carbocycles. The molecule has 33 heavy (non-hydrogen) atoms. The molecule has 4 rings (SSSR count). The highest BCUT2D eigenvalue weighted by molar-refractivity contribution is 6.30. The summed E-state index contributed by atoms with van der Waals surface area (Å²) >= 11 is 5.79. The lowest BCUT2D eigenvalue weighted by atomic mass is 9.92. The molecule has 1 aromatic carbocycles. The Bertz CT molecular complexity index is 1140. The molecule has 3 aromatic rings. The fraction of sp³-hybridized carbons (Fsp3) is 0.455. The van der Waals surface area contributed by atoms with Gasteiger partial charge in [0, 0.05) is 12.1 Å². The lowest BCUT2D eigenvalue weighted by Crippen LogP contribution is -2.37. The van der Waals surface area contributed by atoms with Crippen molar-refractivity contribution >= 4 is 28.5 Å². The second-order valence-electron chi connectivity index (χ2n) is 8.49. The topological polar surface area (TPSA) is 111 Å². The van der Waals surface area contributed by atoms with E-state index in [1.54, 1.807) is 22.9 Å². The van der Waals surface area contributed by atoms with Crippen LogP contribution in [0, 0.1) is 11.7 Å². The van der Waals surface area contributed by atoms with Crippen LogP contribution in [0.15, 0.2) is 36.8 Å². The van der Waals surface area contributed by atoms with E-state index in [2.05, 4.69) is 15.4 Å². The number of benzene rings is 1. The average Bonchev–Trinajstić information content (AvgIpc) is 3.31. The molecule has 0 radical (unpaired) electrons. The predicted molar refractivity (Wildman–Crippen MR) is 119 cm³/mol. The van der Waals surface area contributed by atoms with Crippen molar-refractivity contribution in [3.63, 3.8) is 0 Å². The van der Waals surface area contributed by atoms with Gasteiger partial charge in [0.1, 0.15) is 30.0 Å². The van der Waals surface area contributed by atoms with Crippen molar-refractivity contribution in [1.29, 1.82) is 0 Å². The minimum Gasteiger partial charge on any atom is -0.386 e. The Morgan fingerprint density at radius 1 is 1.30 bits per heavy atom. The third-order valence-electron chi connectivity index (χ3n) is 5.62. The maximum Gasteiger partial charge on any atom is 0.162 e. The van der Waals surface area contributed by atoms with Crippen molar-refractivity contribution in [2.24, 2.45) is 5.92 Å². The third-order valence-corrected chi connectivity index (χ3v) is 5.92. The number of nitrogens with one attached hydrogen (secondary N) is 1. The van der Waals surface area contributed by atoms with Crippen LogP contribution in [0.3, 0.4) is 0 Å². The first kappa shape index (κ1) is 23.8. The van der Waals surface area contributed by atoms with Gasteiger partial charge in [0.2, 0.25) is 0 Å². The van der Waals surface area contributed by atoms with Crippen LogP contribution in [-0.2, 0) is 14.3 Å². The van der Waals surface area contributed by atoms with Gasteiger partial charge in [0.05, 0.1) is 23.6 Å². The maximum absolute atomic E-state index is 14.0. The van der Waals surface area contributed by atoms with Crippen molar-refractivity contribution < 1.29 is 28.9 Å². The molecule has 2 aromatic heterocycles. The number of ether oxygens (including phenoxy) is 2. The molecule has 9 nitrogen and oxygen atoms in total. The first-order valence-electron chi connectivity index (χ1n) is 10.4. The first-order chi connectivity index (χ1) is 15.6. The van der Waals surface area contributed by atoms with Gasteiger partial charge < -0.3 is 24.3 Å². The quantitative estimate of drug-likeness (QED) is 0.347. The summed E-state index contributed by atoms with van der Waals surface area (Å²) in [6.07, 6.45) is -0.190. The van der Waals surface area contributed by atoms with Crippen LogP contribution in [-0.4, -0.2) is 49.9 Å². The molecular formula is C22H26ClFN4O5. The van der Waals surface area contributed by atoms with Gasteiger partial charge in [-0.3, -0.25) is 4.84 Å². The summed E-state index contributed by atoms with van der Waals surface area (Å²) in [7, 11) is 1.48. The minimum atomic E-state index is -1.46. The zero-order valence-corrected chi connectivity index (χ0v) is 19.3. The molecule has 0 bridgehead atoms. The summed E-state index contributed by atoms with van der Waals surface area (Å²) in [6, 6.07) is 5.91. The van der Waals surface area contributed by atoms with E-state index < -0.39 is 36.1 Å². The fourth-order valence-corrected chi connectivity index (χ4v) is 4.25. The largest absolute Gasteiger partial charge is 0.386 e. The lowest BCUT2D eigenvalue weighted by molar-refractivity contribution is -0.227. The van der Waals surface area contributed by atoms with E-state index in [1.807, 2.05) is 6.92 Å². The normalized spacial score (nSPS) is 24.4. The van der Waals surface area contributed by atoms with Crippen LogP contribution in [0.2, 0.25) is 5.02 Å². The molecule has 0 aliphatic carbocycles. The van der Waals surface area contributed by atoms with E-state index in [9.17, 15) is 14.6 Å². The Morgan fingerprint density at radius 2 is 2.06 bits per heavy atom. The van der Waals surface area contributed by atoms with E-state index in [1.165, 1.54) is 39.4 Å². The molecule has 3 N–H and O–H groups in total. The molecule has 11 heteroatoms. The van der Waals surface area contributed by atoms with Crippen LogP contribution in [0.1, 0.15) is 38.7 Å². The number of fused-ring (bicyclic) bond motifs is 1. The van der Waals surface area contributed by atoms with Crippen LogP contribution in [0.25, 0.3) is 11.0 Å². The smallest absolute Gasteiger partial charge is 0.162 e. The lowest BCUT2D eigenvalue weighted by Gasteiger charge is -2.29. The van der Waals surface area contributed by atoms with Gasteiger partial charge in [-0.25, -0.2) is 19.8 Å². The molecule has 0 unspecified atom stereocenters. The molecule has 0 spiro atoms. The van der Waals surface area contributed by atoms with Crippen LogP contribution in [0.4, 0.5) is 10.2 Å². The van der Waals surface area contributed by atoms with Crippen LogP contribution >= 0.6 is 11.6 Å². The Balaban J connectivity index is 1.72. The van der Waals surface area contributed by atoms with Crippen molar-refractivity contribution in [2.45, 2.75) is 51.1 Å². The Hall–Kier alpha value is -2.34. The summed E-state index contributed by atoms with van der Waals surface area (Å²) in [5.41, 5.74) is 3.57. The average molecular weight is 481 g/mol. The summed E-state index contributed by atoms with van der Waals surface area (Å²) in [5.74, 6) is -2.01. The number of aliphatic hydroxyl groups excluding tert-OH is 1. The number of hydrogen-bond acceptors (Lipinski definition) is 8. The summed E-state index contributed by atoms with van der Waals surface area (Å²) in [5, 5.41) is 22.1. The van der Waals surface area contributed by atoms with Gasteiger partial charge in [-0.05, 0) is 37.6 Å². The number of aromatic nitrogens is 3. The summed E-state index contributed by atoms with van der Waals surface area (Å²) < 4.78 is 28.0. The van der Waals surface area contributed by atoms with E-state index in [-0.39, 0.29) is 10.9 Å². The monoisotopic (exact) mass is 480 g/mol. The Morgan fingerprint density at radius 3 is 2.73 bits per heavy atom. The van der Waals surface area contributed by atoms with Gasteiger partial charge in [0.15, 0.2) is 17.8 Å². The summed E-state index contributed by atoms with van der Waals surface area (Å²) in [6.45, 7) is 4.88. The van der Waals surface area contributed by atoms with E-state index in [0.717, 1.165) is 0 Å². The number of rotatable bonds is 7. The van der Waals surface area contributed by atoms with Crippen molar-refractivity contribution in [3.8, 4) is 0 Å². The Kier molecular flexibility index (Phi) is 6.59. The zero-order chi connectivity index (χ0) is 23.9. The van der Waals surface area contributed by atoms with Crippen molar-refractivity contribution in [3.05, 3.63) is 53.2 Å². The molecule has 0 amide bonds. The van der Waals surface area contributed by atoms with Gasteiger partial charge in [0.25, 0.3) is 0 Å². The molecular weight excluding hydrogens is 455 g/mol. The SMILES string of the molecule is CONc1ncnc2c1ccn2[C@@H]1O[C@H]([C@H](O)c2ccc(Cl)c(F)c2)[C@@H](C)[C@H]1OC(C)(C)O. The Labute approximate surface area is 195 Å². The standard InChI is InChI=1S/C22H26ClFN4O5/c1-11-17(16(29)12-5-6-14(23)15(24)9-12)32-21(18(11)33-22(2,3)30)28-8-7-13-19(27-31-4)25-10-26-20(13)28/h5-11,16-18,21,29-30H,1-4H3,(H,25,26,27)/t11-,16-,17+,18-,21-/m1/s1. The molecule has 1 fully saturated rings. The molecule has 1 aliphatic heterocycles. The number of nitrogens with zero attached hydrogens (tertiary/aromatic N) is 3. The number of hydrogen-bond donors (Lipinski definition) is 3. The molecule has 1 aliphatic rings. The van der Waals surface area contributed by atoms with E-state index >= 15 is 0 Å². The van der Waals surface area contributed by atoms with Gasteiger partial charge in [-0.2, -0.15) is 0 Å². The predicted octanol–water partition coefficient (Wildman–Crippen LogP) is 3.58. The van der Waals surface area contributed by atoms with Crippen molar-refractivity contribution in [1.82, 2.24) is 14.5 Å². The van der Waals surface area contributed by atoms with Gasteiger partial charge >= 0.3 is 0 Å². The van der Waals surface area contributed by atoms with E-state index in [0.29, 0.717) is 22.4 Å². The van der Waals surface area contributed by atoms with Gasteiger partial charge in [-0.1, -0.05) is 24.6 Å². The fourth-order valence-electron chi connectivity index (χ4n) is 4.13. The summed E-state index contributed by atoms with van der Waals surface area (Å²) in [4.78, 5) is 13.5. The molecule has 178 valence electrons. The van der Waals surface area contributed by atoms with Crippen LogP contribution in [0.5, 0.6) is 0 Å². The molecule has 1 saturated heterocycles. The second-order valence-corrected chi connectivity index (χ2v) is 8.89. The molecule has 5 atom stereocenters.